The minimum Gasteiger partial charge on any atom is -0.378 e. The molecule has 1 amide bonds. The molecule has 2 aliphatic rings. The Morgan fingerprint density at radius 1 is 1.25 bits per heavy atom. The summed E-state index contributed by atoms with van der Waals surface area (Å²) in [5.41, 5.74) is 5.83. The molecule has 2 N–H and O–H groups in total. The van der Waals surface area contributed by atoms with Crippen LogP contribution in [0.3, 0.4) is 0 Å². The maximum absolute atomic E-state index is 13.1. The minimum atomic E-state index is -0.769. The Morgan fingerprint density at radius 2 is 1.88 bits per heavy atom. The van der Waals surface area contributed by atoms with Gasteiger partial charge in [-0.05, 0) is 37.5 Å². The Hall–Kier alpha value is -0.320. The van der Waals surface area contributed by atoms with Gasteiger partial charge in [-0.3, -0.25) is 4.79 Å². The van der Waals surface area contributed by atoms with Crippen LogP contribution in [0, 0.1) is 16.7 Å². The topological polar surface area (TPSA) is 55.6 Å². The van der Waals surface area contributed by atoms with E-state index in [4.69, 9.17) is 10.5 Å². The molecule has 3 atom stereocenters. The second-order valence-corrected chi connectivity index (χ2v) is 9.13. The summed E-state index contributed by atoms with van der Waals surface area (Å²) in [6.45, 7) is 15.4. The molecule has 1 heterocycles. The van der Waals surface area contributed by atoms with E-state index in [1.807, 2.05) is 11.8 Å². The molecule has 0 aromatic carbocycles. The van der Waals surface area contributed by atoms with Crippen molar-refractivity contribution in [3.8, 4) is 0 Å². The van der Waals surface area contributed by atoms with E-state index in [0.717, 1.165) is 25.9 Å². The van der Waals surface area contributed by atoms with Crippen molar-refractivity contribution < 1.29 is 9.53 Å². The predicted molar refractivity (Wildman–Crippen MR) is 101 cm³/mol. The van der Waals surface area contributed by atoms with Crippen molar-refractivity contribution in [1.82, 2.24) is 4.90 Å². The van der Waals surface area contributed by atoms with E-state index in [1.165, 1.54) is 6.42 Å². The maximum Gasteiger partial charge on any atom is 0.243 e. The van der Waals surface area contributed by atoms with Crippen molar-refractivity contribution in [3.05, 3.63) is 0 Å². The first-order chi connectivity index (χ1) is 10.5. The lowest BCUT2D eigenvalue weighted by Gasteiger charge is -2.58. The summed E-state index contributed by atoms with van der Waals surface area (Å²) in [5, 5.41) is 0. The number of carbonyl (C=O) groups is 1. The number of ether oxygens (including phenoxy) is 1. The van der Waals surface area contributed by atoms with Gasteiger partial charge in [-0.2, -0.15) is 0 Å². The van der Waals surface area contributed by atoms with Crippen molar-refractivity contribution in [2.45, 2.75) is 78.9 Å². The minimum absolute atomic E-state index is 0. The fourth-order valence-corrected chi connectivity index (χ4v) is 4.25. The van der Waals surface area contributed by atoms with Crippen LogP contribution in [0.15, 0.2) is 0 Å². The van der Waals surface area contributed by atoms with Gasteiger partial charge in [0, 0.05) is 31.5 Å². The summed E-state index contributed by atoms with van der Waals surface area (Å²) in [6.07, 6.45) is 4.11. The van der Waals surface area contributed by atoms with Crippen LogP contribution in [-0.2, 0) is 9.53 Å². The number of nitrogens with zero attached hydrogens (tertiary/aromatic N) is 1. The highest BCUT2D eigenvalue weighted by Gasteiger charge is 2.63. The van der Waals surface area contributed by atoms with E-state index in [2.05, 4.69) is 34.6 Å². The van der Waals surface area contributed by atoms with E-state index in [-0.39, 0.29) is 29.8 Å². The summed E-state index contributed by atoms with van der Waals surface area (Å²) in [4.78, 5) is 15.1. The molecule has 1 saturated carbocycles. The Morgan fingerprint density at radius 3 is 2.38 bits per heavy atom. The first-order valence-corrected chi connectivity index (χ1v) is 9.24. The van der Waals surface area contributed by atoms with Gasteiger partial charge in [0.25, 0.3) is 0 Å². The molecular weight excluding hydrogens is 324 g/mol. The third kappa shape index (κ3) is 3.76. The zero-order valence-electron chi connectivity index (χ0n) is 16.4. The standard InChI is InChI=1S/C19H36N2O2.ClH/c1-7-23-15-13-19(20,18(15,5)6)16(22)21-11-8-9-14(10-12-21)17(2,3)4;/h14-15H,7-13,20H2,1-6H3;1H. The first kappa shape index (κ1) is 21.7. The Labute approximate surface area is 154 Å². The monoisotopic (exact) mass is 360 g/mol. The highest BCUT2D eigenvalue weighted by molar-refractivity contribution is 5.89. The zero-order chi connectivity index (χ0) is 17.5. The number of rotatable bonds is 3. The highest BCUT2D eigenvalue weighted by Crippen LogP contribution is 2.50. The van der Waals surface area contributed by atoms with Crippen molar-refractivity contribution in [2.24, 2.45) is 22.5 Å². The maximum atomic E-state index is 13.1. The molecule has 1 saturated heterocycles. The molecule has 1 aliphatic heterocycles. The Balaban J connectivity index is 0.00000288. The van der Waals surface area contributed by atoms with E-state index < -0.39 is 5.54 Å². The molecule has 0 radical (unpaired) electrons. The van der Waals surface area contributed by atoms with E-state index in [1.54, 1.807) is 0 Å². The zero-order valence-corrected chi connectivity index (χ0v) is 17.2. The van der Waals surface area contributed by atoms with Crippen molar-refractivity contribution in [3.63, 3.8) is 0 Å². The molecule has 1 aliphatic carbocycles. The van der Waals surface area contributed by atoms with E-state index in [9.17, 15) is 4.79 Å². The normalized spacial score (nSPS) is 33.2. The molecule has 2 fully saturated rings. The fourth-order valence-electron chi connectivity index (χ4n) is 4.25. The molecule has 2 rings (SSSR count). The molecule has 0 bridgehead atoms. The summed E-state index contributed by atoms with van der Waals surface area (Å²) < 4.78 is 5.76. The SMILES string of the molecule is CCOC1CC(N)(C(=O)N2CCCC(C(C)(C)C)CC2)C1(C)C.Cl. The van der Waals surface area contributed by atoms with Crippen LogP contribution < -0.4 is 5.73 Å². The fraction of sp³-hybridized carbons (Fsp3) is 0.947. The van der Waals surface area contributed by atoms with Crippen LogP contribution >= 0.6 is 12.4 Å². The van der Waals surface area contributed by atoms with Gasteiger partial charge in [0.1, 0.15) is 5.54 Å². The van der Waals surface area contributed by atoms with Gasteiger partial charge in [0.2, 0.25) is 5.91 Å². The number of halogens is 1. The number of hydrogen-bond donors (Lipinski definition) is 1. The molecule has 0 aromatic heterocycles. The summed E-state index contributed by atoms with van der Waals surface area (Å²) in [6, 6.07) is 0. The summed E-state index contributed by atoms with van der Waals surface area (Å²) >= 11 is 0. The lowest BCUT2D eigenvalue weighted by molar-refractivity contribution is -0.179. The first-order valence-electron chi connectivity index (χ1n) is 9.24. The third-order valence-corrected chi connectivity index (χ3v) is 6.45. The number of likely N-dealkylation sites (tertiary alicyclic amines) is 1. The highest BCUT2D eigenvalue weighted by atomic mass is 35.5. The molecule has 142 valence electrons. The van der Waals surface area contributed by atoms with Crippen LogP contribution in [0.2, 0.25) is 0 Å². The molecule has 4 nitrogen and oxygen atoms in total. The van der Waals surface area contributed by atoms with Crippen molar-refractivity contribution in [1.29, 1.82) is 0 Å². The Kier molecular flexibility index (Phi) is 6.80. The van der Waals surface area contributed by atoms with Crippen molar-refractivity contribution >= 4 is 18.3 Å². The van der Waals surface area contributed by atoms with Crippen LogP contribution in [0.4, 0.5) is 0 Å². The molecule has 5 heteroatoms. The second kappa shape index (κ2) is 7.51. The second-order valence-electron chi connectivity index (χ2n) is 9.13. The van der Waals surface area contributed by atoms with Gasteiger partial charge in [-0.1, -0.05) is 34.6 Å². The lowest BCUT2D eigenvalue weighted by Crippen LogP contribution is -2.76. The van der Waals surface area contributed by atoms with Gasteiger partial charge >= 0.3 is 0 Å². The van der Waals surface area contributed by atoms with Crippen LogP contribution in [-0.4, -0.2) is 42.1 Å². The van der Waals surface area contributed by atoms with Crippen molar-refractivity contribution in [2.75, 3.05) is 19.7 Å². The van der Waals surface area contributed by atoms with Crippen LogP contribution in [0.1, 0.15) is 67.2 Å². The molecule has 3 unspecified atom stereocenters. The largest absolute Gasteiger partial charge is 0.378 e. The molecular formula is C19H37ClN2O2. The average molecular weight is 361 g/mol. The quantitative estimate of drug-likeness (QED) is 0.836. The van der Waals surface area contributed by atoms with Gasteiger partial charge in [0.15, 0.2) is 0 Å². The number of carbonyl (C=O) groups excluding carboxylic acids is 1. The summed E-state index contributed by atoms with van der Waals surface area (Å²) in [7, 11) is 0. The lowest BCUT2D eigenvalue weighted by atomic mass is 9.54. The van der Waals surface area contributed by atoms with Gasteiger partial charge in [-0.15, -0.1) is 12.4 Å². The van der Waals surface area contributed by atoms with Gasteiger partial charge in [-0.25, -0.2) is 0 Å². The molecule has 0 aromatic rings. The van der Waals surface area contributed by atoms with Gasteiger partial charge in [0.05, 0.1) is 6.10 Å². The van der Waals surface area contributed by atoms with E-state index >= 15 is 0 Å². The molecule has 24 heavy (non-hydrogen) atoms. The average Bonchev–Trinajstić information content (AvgIpc) is 2.71. The van der Waals surface area contributed by atoms with Crippen LogP contribution in [0.25, 0.3) is 0 Å². The number of hydrogen-bond acceptors (Lipinski definition) is 3. The van der Waals surface area contributed by atoms with E-state index in [0.29, 0.717) is 24.4 Å². The number of nitrogens with two attached hydrogens (primary N) is 1. The predicted octanol–water partition coefficient (Wildman–Crippen LogP) is 3.62. The van der Waals surface area contributed by atoms with Gasteiger partial charge < -0.3 is 15.4 Å². The number of amides is 1. The third-order valence-electron chi connectivity index (χ3n) is 6.45. The molecule has 0 spiro atoms. The summed E-state index contributed by atoms with van der Waals surface area (Å²) in [5.74, 6) is 0.813. The Bertz CT molecular complexity index is 447. The van der Waals surface area contributed by atoms with Crippen LogP contribution in [0.5, 0.6) is 0 Å². The smallest absolute Gasteiger partial charge is 0.243 e.